The Morgan fingerprint density at radius 1 is 1.25 bits per heavy atom. The van der Waals surface area contributed by atoms with E-state index in [0.29, 0.717) is 0 Å². The van der Waals surface area contributed by atoms with Gasteiger partial charge in [-0.1, -0.05) is 0 Å². The third-order valence-corrected chi connectivity index (χ3v) is 0. The zero-order valence-corrected chi connectivity index (χ0v) is 5.47. The molecule has 0 aromatic heterocycles. The molecule has 0 nitrogen and oxygen atoms in total. The zero-order valence-electron chi connectivity index (χ0n) is 1.82. The van der Waals surface area contributed by atoms with Crippen molar-refractivity contribution in [1.82, 2.24) is 0 Å². The van der Waals surface area contributed by atoms with Crippen LogP contribution in [-0.2, 0) is 0 Å². The maximum absolute atomic E-state index is 4.11. The van der Waals surface area contributed by atoms with Gasteiger partial charge in [0.05, 0.1) is 0 Å². The summed E-state index contributed by atoms with van der Waals surface area (Å²) in [6, 6.07) is 0. The van der Waals surface area contributed by atoms with Gasteiger partial charge in [0, 0.05) is 0 Å². The molecule has 0 aromatic carbocycles. The van der Waals surface area contributed by atoms with Gasteiger partial charge in [-0.2, -0.15) is 9.90 Å². The molecule has 0 bridgehead atoms. The van der Waals surface area contributed by atoms with Gasteiger partial charge >= 0.3 is 44.0 Å². The quantitative estimate of drug-likeness (QED) is 0.291. The van der Waals surface area contributed by atoms with E-state index in [1.165, 1.54) is 14.6 Å². The van der Waals surface area contributed by atoms with Gasteiger partial charge in [0.2, 0.25) is 0 Å². The van der Waals surface area contributed by atoms with E-state index in [1.807, 2.05) is 0 Å². The molecule has 0 N–H and O–H groups in total. The first-order valence-corrected chi connectivity index (χ1v) is 2.60. The predicted octanol–water partition coefficient (Wildman–Crippen LogP) is -0.591. The molecule has 0 aromatic rings. The van der Waals surface area contributed by atoms with Crippen LogP contribution in [0.2, 0.25) is 0 Å². The number of hydrogen-bond acceptors (Lipinski definition) is 1. The molecule has 20 valence electrons. The van der Waals surface area contributed by atoms with Gasteiger partial charge in [0.15, 0.2) is 0 Å². The Bertz CT molecular complexity index is 8.00. The van der Waals surface area contributed by atoms with Crippen LogP contribution in [0.15, 0.2) is 0 Å². The van der Waals surface area contributed by atoms with E-state index < -0.39 is 0 Å². The molecule has 0 aliphatic carbocycles. The fourth-order valence-corrected chi connectivity index (χ4v) is 0. The van der Waals surface area contributed by atoms with Gasteiger partial charge in [-0.3, -0.25) is 0 Å². The first kappa shape index (κ1) is 17.1. The zero-order chi connectivity index (χ0) is 2.00. The third kappa shape index (κ3) is 9.22. The van der Waals surface area contributed by atoms with Gasteiger partial charge in [0.1, 0.15) is 0 Å². The van der Waals surface area contributed by atoms with Crippen molar-refractivity contribution in [2.24, 2.45) is 0 Å². The van der Waals surface area contributed by atoms with E-state index in [4.69, 9.17) is 0 Å². The van der Waals surface area contributed by atoms with E-state index in [0.717, 1.165) is 0 Å². The van der Waals surface area contributed by atoms with E-state index in [9.17, 15) is 0 Å². The molecule has 0 fully saturated rings. The fourth-order valence-electron chi connectivity index (χ4n) is 0. The second kappa shape index (κ2) is 21.6. The third-order valence-electron chi connectivity index (χ3n) is 0. The summed E-state index contributed by atoms with van der Waals surface area (Å²) in [5.41, 5.74) is 0. The molecular weight excluding hydrogens is 97.0 g/mol. The van der Waals surface area contributed by atoms with Gasteiger partial charge in [-0.05, 0) is 0 Å². The van der Waals surface area contributed by atoms with E-state index in [-0.39, 0.29) is 28.8 Å². The molecule has 0 rings (SSSR count). The van der Waals surface area contributed by atoms with E-state index in [1.54, 1.807) is 0 Å². The van der Waals surface area contributed by atoms with Gasteiger partial charge < -0.3 is 0 Å². The summed E-state index contributed by atoms with van der Waals surface area (Å²) in [6.45, 7) is 0. The van der Waals surface area contributed by atoms with Gasteiger partial charge in [-0.25, -0.2) is 0 Å². The van der Waals surface area contributed by atoms with Crippen LogP contribution in [0.25, 0.3) is 0 Å². The van der Waals surface area contributed by atoms with Gasteiger partial charge in [0.25, 0.3) is 0 Å². The summed E-state index contributed by atoms with van der Waals surface area (Å²) in [5.74, 6) is 0. The molecule has 0 radical (unpaired) electrons. The molecule has 0 aliphatic rings. The molecule has 4 heteroatoms. The van der Waals surface area contributed by atoms with Crippen molar-refractivity contribution in [3.8, 4) is 0 Å². The van der Waals surface area contributed by atoms with Crippen molar-refractivity contribution in [2.75, 3.05) is 0 Å². The molecule has 0 spiro atoms. The molecule has 0 saturated carbocycles. The molecule has 0 aliphatic heterocycles. The second-order valence-electron chi connectivity index (χ2n) is 0. The first-order chi connectivity index (χ1) is 1.00. The topological polar surface area (TPSA) is 0 Å². The van der Waals surface area contributed by atoms with Crippen LogP contribution in [0.3, 0.4) is 0 Å². The van der Waals surface area contributed by atoms with Crippen molar-refractivity contribution in [2.45, 2.75) is 0 Å². The molecule has 1 unspecified atom stereocenters. The van der Waals surface area contributed by atoms with Crippen molar-refractivity contribution >= 4 is 53.9 Å². The summed E-state index contributed by atoms with van der Waals surface area (Å²) in [7, 11) is 4.11. The Balaban J connectivity index is -0.00000000500. The van der Waals surface area contributed by atoms with Crippen molar-refractivity contribution < 1.29 is 0 Å². The summed E-state index contributed by atoms with van der Waals surface area (Å²) >= 11 is 1.44. The van der Waals surface area contributed by atoms with Crippen LogP contribution in [0.1, 0.15) is 0 Å². The van der Waals surface area contributed by atoms with Crippen molar-refractivity contribution in [3.05, 3.63) is 0 Å². The summed E-state index contributed by atoms with van der Waals surface area (Å²) < 4.78 is 0. The standard InChI is InChI=1S/Al.Li.H3P.S.2H/h;;1H3;;;. The SMILES string of the molecule is P.[AlH]=[S].[LiH]. The maximum atomic E-state index is 4.11. The normalized spacial score (nSPS) is 0.750. The Hall–Kier alpha value is 1.78. The van der Waals surface area contributed by atoms with Crippen molar-refractivity contribution in [1.29, 1.82) is 0 Å². The molecule has 4 heavy (non-hydrogen) atoms. The van der Waals surface area contributed by atoms with Gasteiger partial charge in [-0.15, -0.1) is 0 Å². The molecule has 0 heterocycles. The predicted molar refractivity (Wildman–Crippen MR) is 33.0 cm³/mol. The first-order valence-electron chi connectivity index (χ1n) is 0.289. The van der Waals surface area contributed by atoms with E-state index in [2.05, 4.69) is 10.5 Å². The Labute approximate surface area is 53.8 Å². The average molecular weight is 102 g/mol. The number of hydrogen-bond donors (Lipinski definition) is 0. The summed E-state index contributed by atoms with van der Waals surface area (Å²) in [6.07, 6.45) is 0. The minimum absolute atomic E-state index is 0. The Morgan fingerprint density at radius 3 is 1.25 bits per heavy atom. The second-order valence-corrected chi connectivity index (χ2v) is 0. The fraction of sp³-hybridized carbons (Fsp3) is 0. The van der Waals surface area contributed by atoms with Crippen LogP contribution < -0.4 is 0 Å². The molecule has 1 atom stereocenters. The monoisotopic (exact) mass is 102 g/mol. The van der Waals surface area contributed by atoms with Crippen LogP contribution in [0.5, 0.6) is 0 Å². The Kier molecular flexibility index (Phi) is 92.1. The van der Waals surface area contributed by atoms with Crippen LogP contribution in [0, 0.1) is 0 Å². The molecular formula is H5AlLiPS. The summed E-state index contributed by atoms with van der Waals surface area (Å²) in [4.78, 5) is 0. The van der Waals surface area contributed by atoms with Crippen molar-refractivity contribution in [3.63, 3.8) is 0 Å². The van der Waals surface area contributed by atoms with Crippen LogP contribution in [0.4, 0.5) is 0 Å². The minimum atomic E-state index is 0. The molecule has 0 amide bonds. The summed E-state index contributed by atoms with van der Waals surface area (Å²) in [5, 5.41) is 0. The van der Waals surface area contributed by atoms with Crippen LogP contribution >= 0.6 is 20.4 Å². The molecule has 0 saturated heterocycles. The number of rotatable bonds is 0. The average Bonchev–Trinajstić information content (AvgIpc) is 1.00. The van der Waals surface area contributed by atoms with E-state index >= 15 is 0 Å². The Morgan fingerprint density at radius 2 is 1.25 bits per heavy atom. The van der Waals surface area contributed by atoms with Crippen LogP contribution in [-0.4, -0.2) is 33.5 Å².